The second-order valence-electron chi connectivity index (χ2n) is 4.45. The number of benzene rings is 2. The first-order chi connectivity index (χ1) is 10.7. The van der Waals surface area contributed by atoms with Crippen LogP contribution in [-0.2, 0) is 14.3 Å². The molecule has 114 valence electrons. The van der Waals surface area contributed by atoms with Crippen LogP contribution in [0.4, 0.5) is 10.5 Å². The van der Waals surface area contributed by atoms with E-state index < -0.39 is 18.2 Å². The van der Waals surface area contributed by atoms with Crippen molar-refractivity contribution in [2.24, 2.45) is 0 Å². The van der Waals surface area contributed by atoms with Crippen molar-refractivity contribution in [3.8, 4) is 0 Å². The maximum Gasteiger partial charge on any atom is 0.509 e. The molecule has 0 saturated carbocycles. The molecule has 2 rings (SSSR count). The molecule has 2 aromatic rings. The lowest BCUT2D eigenvalue weighted by Gasteiger charge is -2.17. The largest absolute Gasteiger partial charge is 0.509 e. The summed E-state index contributed by atoms with van der Waals surface area (Å²) in [5.41, 5.74) is 1.20. The molecule has 0 spiro atoms. The first-order valence-electron chi connectivity index (χ1n) is 6.95. The van der Waals surface area contributed by atoms with E-state index in [0.29, 0.717) is 11.3 Å². The quantitative estimate of drug-likeness (QED) is 0.858. The average Bonchev–Trinajstić information content (AvgIpc) is 2.54. The van der Waals surface area contributed by atoms with Crippen LogP contribution in [0.5, 0.6) is 0 Å². The van der Waals surface area contributed by atoms with Crippen LogP contribution in [0.2, 0.25) is 0 Å². The highest BCUT2D eigenvalue weighted by atomic mass is 16.7. The van der Waals surface area contributed by atoms with Crippen molar-refractivity contribution in [1.82, 2.24) is 0 Å². The van der Waals surface area contributed by atoms with Gasteiger partial charge < -0.3 is 14.8 Å². The molecule has 0 aromatic heterocycles. The van der Waals surface area contributed by atoms with Crippen LogP contribution in [0.3, 0.4) is 0 Å². The fourth-order valence-electron chi connectivity index (χ4n) is 1.88. The van der Waals surface area contributed by atoms with Gasteiger partial charge in [-0.3, -0.25) is 4.79 Å². The maximum absolute atomic E-state index is 12.4. The van der Waals surface area contributed by atoms with E-state index in [1.807, 2.05) is 12.1 Å². The van der Waals surface area contributed by atoms with Gasteiger partial charge in [0, 0.05) is 11.3 Å². The number of carbonyl (C=O) groups is 2. The van der Waals surface area contributed by atoms with E-state index in [2.05, 4.69) is 5.32 Å². The minimum atomic E-state index is -1.07. The predicted molar refractivity (Wildman–Crippen MR) is 82.4 cm³/mol. The van der Waals surface area contributed by atoms with Gasteiger partial charge in [-0.05, 0) is 19.1 Å². The van der Waals surface area contributed by atoms with Gasteiger partial charge in [-0.1, -0.05) is 48.5 Å². The molecule has 5 nitrogen and oxygen atoms in total. The Balaban J connectivity index is 2.16. The Kier molecular flexibility index (Phi) is 5.54. The minimum absolute atomic E-state index is 0.181. The Bertz CT molecular complexity index is 613. The summed E-state index contributed by atoms with van der Waals surface area (Å²) in [7, 11) is 0. The second-order valence-corrected chi connectivity index (χ2v) is 4.45. The number of carbonyl (C=O) groups excluding carboxylic acids is 2. The first-order valence-corrected chi connectivity index (χ1v) is 6.95. The van der Waals surface area contributed by atoms with E-state index in [1.165, 1.54) is 0 Å². The smallest absolute Gasteiger partial charge is 0.435 e. The van der Waals surface area contributed by atoms with Gasteiger partial charge in [0.1, 0.15) is 0 Å². The molecule has 0 heterocycles. The minimum Gasteiger partial charge on any atom is -0.435 e. The van der Waals surface area contributed by atoms with E-state index in [4.69, 9.17) is 9.47 Å². The van der Waals surface area contributed by atoms with Crippen LogP contribution < -0.4 is 5.32 Å². The van der Waals surface area contributed by atoms with Gasteiger partial charge in [-0.25, -0.2) is 4.79 Å². The predicted octanol–water partition coefficient (Wildman–Crippen LogP) is 3.54. The fourth-order valence-corrected chi connectivity index (χ4v) is 1.88. The third-order valence-electron chi connectivity index (χ3n) is 2.86. The lowest BCUT2D eigenvalue weighted by atomic mass is 10.1. The summed E-state index contributed by atoms with van der Waals surface area (Å²) in [5.74, 6) is -0.439. The van der Waals surface area contributed by atoms with E-state index in [9.17, 15) is 9.59 Å². The molecule has 0 radical (unpaired) electrons. The topological polar surface area (TPSA) is 64.6 Å². The van der Waals surface area contributed by atoms with Crippen molar-refractivity contribution in [1.29, 1.82) is 0 Å². The van der Waals surface area contributed by atoms with Gasteiger partial charge in [0.25, 0.3) is 5.91 Å². The third-order valence-corrected chi connectivity index (χ3v) is 2.86. The van der Waals surface area contributed by atoms with Crippen molar-refractivity contribution in [2.75, 3.05) is 11.9 Å². The number of anilines is 1. The SMILES string of the molecule is CCOC(=O)OC(C(=O)Nc1ccccc1)c1ccccc1. The van der Waals surface area contributed by atoms with Gasteiger partial charge in [0.05, 0.1) is 6.61 Å². The molecule has 0 bridgehead atoms. The van der Waals surface area contributed by atoms with Crippen molar-refractivity contribution >= 4 is 17.7 Å². The van der Waals surface area contributed by atoms with Crippen LogP contribution >= 0.6 is 0 Å². The Morgan fingerprint density at radius 1 is 1.00 bits per heavy atom. The Hall–Kier alpha value is -2.82. The van der Waals surface area contributed by atoms with Crippen LogP contribution in [-0.4, -0.2) is 18.7 Å². The zero-order chi connectivity index (χ0) is 15.8. The zero-order valence-electron chi connectivity index (χ0n) is 12.2. The molecule has 22 heavy (non-hydrogen) atoms. The summed E-state index contributed by atoms with van der Waals surface area (Å²) in [6.07, 6.45) is -1.94. The molecular weight excluding hydrogens is 282 g/mol. The molecule has 1 unspecified atom stereocenters. The van der Waals surface area contributed by atoms with E-state index in [0.717, 1.165) is 0 Å². The summed E-state index contributed by atoms with van der Waals surface area (Å²) in [4.78, 5) is 24.0. The average molecular weight is 299 g/mol. The Morgan fingerprint density at radius 2 is 1.59 bits per heavy atom. The van der Waals surface area contributed by atoms with Crippen LogP contribution in [0.25, 0.3) is 0 Å². The van der Waals surface area contributed by atoms with Gasteiger partial charge in [0.15, 0.2) is 0 Å². The summed E-state index contributed by atoms with van der Waals surface area (Å²) in [6.45, 7) is 1.85. The molecule has 1 atom stereocenters. The van der Waals surface area contributed by atoms with Crippen molar-refractivity contribution in [2.45, 2.75) is 13.0 Å². The van der Waals surface area contributed by atoms with Gasteiger partial charge >= 0.3 is 6.16 Å². The lowest BCUT2D eigenvalue weighted by Crippen LogP contribution is -2.26. The number of hydrogen-bond donors (Lipinski definition) is 1. The van der Waals surface area contributed by atoms with Crippen molar-refractivity contribution < 1.29 is 19.1 Å². The zero-order valence-corrected chi connectivity index (χ0v) is 12.2. The molecular formula is C17H17NO4. The first kappa shape index (κ1) is 15.6. The number of rotatable bonds is 5. The maximum atomic E-state index is 12.4. The Morgan fingerprint density at radius 3 is 2.18 bits per heavy atom. The van der Waals surface area contributed by atoms with Crippen LogP contribution in [0, 0.1) is 0 Å². The molecule has 0 aliphatic rings. The lowest BCUT2D eigenvalue weighted by molar-refractivity contribution is -0.126. The highest BCUT2D eigenvalue weighted by Gasteiger charge is 2.25. The summed E-state index contributed by atoms with van der Waals surface area (Å²) in [5, 5.41) is 2.72. The number of amides is 1. The molecule has 1 amide bonds. The second kappa shape index (κ2) is 7.83. The highest BCUT2D eigenvalue weighted by molar-refractivity contribution is 5.95. The van der Waals surface area contributed by atoms with Crippen LogP contribution in [0.15, 0.2) is 60.7 Å². The highest BCUT2D eigenvalue weighted by Crippen LogP contribution is 2.20. The molecule has 1 N–H and O–H groups in total. The van der Waals surface area contributed by atoms with E-state index >= 15 is 0 Å². The van der Waals surface area contributed by atoms with E-state index in [-0.39, 0.29) is 6.61 Å². The summed E-state index contributed by atoms with van der Waals surface area (Å²) in [6, 6.07) is 17.8. The fraction of sp³-hybridized carbons (Fsp3) is 0.176. The normalized spacial score (nSPS) is 11.3. The monoisotopic (exact) mass is 299 g/mol. The number of para-hydroxylation sites is 1. The van der Waals surface area contributed by atoms with Crippen molar-refractivity contribution in [3.05, 3.63) is 66.2 Å². The molecule has 2 aromatic carbocycles. The van der Waals surface area contributed by atoms with Crippen molar-refractivity contribution in [3.63, 3.8) is 0 Å². The molecule has 0 aliphatic carbocycles. The Labute approximate surface area is 128 Å². The van der Waals surface area contributed by atoms with E-state index in [1.54, 1.807) is 55.5 Å². The summed E-state index contributed by atoms with van der Waals surface area (Å²) < 4.78 is 9.89. The molecule has 0 aliphatic heterocycles. The summed E-state index contributed by atoms with van der Waals surface area (Å²) >= 11 is 0. The molecule has 5 heteroatoms. The van der Waals surface area contributed by atoms with Gasteiger partial charge in [-0.15, -0.1) is 0 Å². The molecule has 0 fully saturated rings. The van der Waals surface area contributed by atoms with Gasteiger partial charge in [0.2, 0.25) is 6.10 Å². The number of hydrogen-bond acceptors (Lipinski definition) is 4. The molecule has 0 saturated heterocycles. The number of nitrogens with one attached hydrogen (secondary N) is 1. The third kappa shape index (κ3) is 4.34. The number of ether oxygens (including phenoxy) is 2. The van der Waals surface area contributed by atoms with Gasteiger partial charge in [-0.2, -0.15) is 0 Å². The standard InChI is InChI=1S/C17H17NO4/c1-2-21-17(20)22-15(13-9-5-3-6-10-13)16(19)18-14-11-7-4-8-12-14/h3-12,15H,2H2,1H3,(H,18,19). The van der Waals surface area contributed by atoms with Crippen LogP contribution in [0.1, 0.15) is 18.6 Å².